The number of carbonyl (C=O) groups excluding carboxylic acids is 2. The van der Waals surface area contributed by atoms with Crippen LogP contribution in [0.15, 0.2) is 18.2 Å². The van der Waals surface area contributed by atoms with E-state index >= 15 is 0 Å². The molecule has 0 radical (unpaired) electrons. The second-order valence-corrected chi connectivity index (χ2v) is 6.87. The third-order valence-electron chi connectivity index (χ3n) is 4.58. The Morgan fingerprint density at radius 2 is 1.68 bits per heavy atom. The Hall–Kier alpha value is -1.62. The van der Waals surface area contributed by atoms with E-state index < -0.39 is 5.82 Å². The maximum atomic E-state index is 13.1. The van der Waals surface area contributed by atoms with Gasteiger partial charge in [0.15, 0.2) is 0 Å². The summed E-state index contributed by atoms with van der Waals surface area (Å²) in [6.07, 6.45) is 6.22. The van der Waals surface area contributed by atoms with Crippen LogP contribution in [0.2, 0.25) is 5.02 Å². The summed E-state index contributed by atoms with van der Waals surface area (Å²) in [5, 5.41) is 0.121. The van der Waals surface area contributed by atoms with E-state index in [-0.39, 0.29) is 16.8 Å². The zero-order valence-electron chi connectivity index (χ0n) is 14.8. The third-order valence-corrected chi connectivity index (χ3v) is 4.89. The van der Waals surface area contributed by atoms with Crippen LogP contribution in [0.25, 0.3) is 0 Å². The summed E-state index contributed by atoms with van der Waals surface area (Å²) in [6.45, 7) is 4.21. The summed E-state index contributed by atoms with van der Waals surface area (Å²) in [5.41, 5.74) is 0.304. The van der Waals surface area contributed by atoms with Gasteiger partial charge in [-0.05, 0) is 24.6 Å². The van der Waals surface area contributed by atoms with Gasteiger partial charge >= 0.3 is 0 Å². The molecule has 1 aromatic carbocycles. The molecule has 0 atom stereocenters. The Balaban J connectivity index is 1.78. The van der Waals surface area contributed by atoms with Crippen LogP contribution < -0.4 is 0 Å². The smallest absolute Gasteiger partial charge is 0.255 e. The molecule has 1 fully saturated rings. The molecule has 0 saturated carbocycles. The highest BCUT2D eigenvalue weighted by molar-refractivity contribution is 6.33. The molecule has 2 rings (SSSR count). The molecule has 0 spiro atoms. The largest absolute Gasteiger partial charge is 0.339 e. The Morgan fingerprint density at radius 1 is 1.04 bits per heavy atom. The fourth-order valence-electron chi connectivity index (χ4n) is 3.03. The van der Waals surface area contributed by atoms with Crippen molar-refractivity contribution in [3.8, 4) is 0 Å². The second-order valence-electron chi connectivity index (χ2n) is 6.46. The fourth-order valence-corrected chi connectivity index (χ4v) is 3.28. The van der Waals surface area contributed by atoms with Gasteiger partial charge in [0.1, 0.15) is 5.82 Å². The molecule has 1 heterocycles. The van der Waals surface area contributed by atoms with Gasteiger partial charge in [-0.15, -0.1) is 0 Å². The number of nitrogens with zero attached hydrogens (tertiary/aromatic N) is 2. The average Bonchev–Trinajstić information content (AvgIpc) is 2.61. The van der Waals surface area contributed by atoms with E-state index in [9.17, 15) is 14.0 Å². The van der Waals surface area contributed by atoms with Gasteiger partial charge in [0, 0.05) is 32.6 Å². The number of halogens is 2. The van der Waals surface area contributed by atoms with Gasteiger partial charge in [-0.3, -0.25) is 9.59 Å². The molecule has 0 aliphatic carbocycles. The average molecular weight is 369 g/mol. The van der Waals surface area contributed by atoms with Crippen molar-refractivity contribution in [2.75, 3.05) is 26.2 Å². The predicted octanol–water partition coefficient (Wildman–Crippen LogP) is 4.12. The molecule has 0 bridgehead atoms. The summed E-state index contributed by atoms with van der Waals surface area (Å²) < 4.78 is 13.1. The van der Waals surface area contributed by atoms with Gasteiger partial charge in [0.05, 0.1) is 10.6 Å². The number of carbonyl (C=O) groups is 2. The van der Waals surface area contributed by atoms with Crippen molar-refractivity contribution in [2.24, 2.45) is 0 Å². The SMILES string of the molecule is CCCCCCCC(=O)N1CCN(C(=O)c2ccc(F)cc2Cl)CC1. The summed E-state index contributed by atoms with van der Waals surface area (Å²) in [4.78, 5) is 28.2. The Labute approximate surface area is 153 Å². The lowest BCUT2D eigenvalue weighted by Crippen LogP contribution is -2.50. The third kappa shape index (κ3) is 5.70. The standard InChI is InChI=1S/C19H26ClFN2O2/c1-2-3-4-5-6-7-18(24)22-10-12-23(13-11-22)19(25)16-9-8-15(21)14-17(16)20/h8-9,14H,2-7,10-13H2,1H3. The minimum atomic E-state index is -0.462. The molecule has 4 nitrogen and oxygen atoms in total. The van der Waals surface area contributed by atoms with Crippen LogP contribution in [0.3, 0.4) is 0 Å². The van der Waals surface area contributed by atoms with Crippen LogP contribution in [-0.2, 0) is 4.79 Å². The highest BCUT2D eigenvalue weighted by Gasteiger charge is 2.25. The molecule has 2 amide bonds. The molecule has 25 heavy (non-hydrogen) atoms. The van der Waals surface area contributed by atoms with E-state index in [1.54, 1.807) is 4.90 Å². The van der Waals surface area contributed by atoms with E-state index in [2.05, 4.69) is 6.92 Å². The lowest BCUT2D eigenvalue weighted by Gasteiger charge is -2.35. The Bertz CT molecular complexity index is 601. The van der Waals surface area contributed by atoms with Crippen molar-refractivity contribution in [3.05, 3.63) is 34.6 Å². The lowest BCUT2D eigenvalue weighted by atomic mass is 10.1. The van der Waals surface area contributed by atoms with Crippen molar-refractivity contribution < 1.29 is 14.0 Å². The van der Waals surface area contributed by atoms with Gasteiger partial charge in [-0.25, -0.2) is 4.39 Å². The number of unbranched alkanes of at least 4 members (excludes halogenated alkanes) is 4. The summed E-state index contributed by atoms with van der Waals surface area (Å²) in [6, 6.07) is 3.79. The van der Waals surface area contributed by atoms with Gasteiger partial charge in [-0.1, -0.05) is 44.2 Å². The molecule has 138 valence electrons. The zero-order chi connectivity index (χ0) is 18.2. The van der Waals surface area contributed by atoms with Gasteiger partial charge in [0.25, 0.3) is 5.91 Å². The first kappa shape index (κ1) is 19.7. The van der Waals surface area contributed by atoms with Crippen molar-refractivity contribution in [3.63, 3.8) is 0 Å². The van der Waals surface area contributed by atoms with Gasteiger partial charge < -0.3 is 9.80 Å². The maximum Gasteiger partial charge on any atom is 0.255 e. The predicted molar refractivity (Wildman–Crippen MR) is 97.3 cm³/mol. The molecule has 1 aliphatic rings. The highest BCUT2D eigenvalue weighted by Crippen LogP contribution is 2.20. The first-order valence-corrected chi connectivity index (χ1v) is 9.42. The Morgan fingerprint density at radius 3 is 2.32 bits per heavy atom. The minimum absolute atomic E-state index is 0.121. The highest BCUT2D eigenvalue weighted by atomic mass is 35.5. The summed E-state index contributed by atoms with van der Waals surface area (Å²) in [5.74, 6) is -0.504. The minimum Gasteiger partial charge on any atom is -0.339 e. The molecular formula is C19H26ClFN2O2. The molecule has 1 aromatic rings. The first-order chi connectivity index (χ1) is 12.0. The van der Waals surface area contributed by atoms with Crippen LogP contribution in [0.1, 0.15) is 55.8 Å². The zero-order valence-corrected chi connectivity index (χ0v) is 15.5. The van der Waals surface area contributed by atoms with Crippen molar-refractivity contribution in [2.45, 2.75) is 45.4 Å². The first-order valence-electron chi connectivity index (χ1n) is 9.05. The molecule has 6 heteroatoms. The topological polar surface area (TPSA) is 40.6 Å². The maximum absolute atomic E-state index is 13.1. The number of piperazine rings is 1. The van der Waals surface area contributed by atoms with Crippen molar-refractivity contribution in [1.82, 2.24) is 9.80 Å². The van der Waals surface area contributed by atoms with Crippen molar-refractivity contribution in [1.29, 1.82) is 0 Å². The van der Waals surface area contributed by atoms with E-state index in [1.807, 2.05) is 4.90 Å². The monoisotopic (exact) mass is 368 g/mol. The van der Waals surface area contributed by atoms with E-state index in [0.717, 1.165) is 18.9 Å². The van der Waals surface area contributed by atoms with Gasteiger partial charge in [0.2, 0.25) is 5.91 Å². The number of hydrogen-bond acceptors (Lipinski definition) is 2. The number of rotatable bonds is 7. The summed E-state index contributed by atoms with van der Waals surface area (Å²) in [7, 11) is 0. The van der Waals surface area contributed by atoms with Crippen LogP contribution in [0.4, 0.5) is 4.39 Å². The normalized spacial score (nSPS) is 14.7. The molecule has 1 saturated heterocycles. The van der Waals surface area contributed by atoms with E-state index in [4.69, 9.17) is 11.6 Å². The van der Waals surface area contributed by atoms with E-state index in [0.29, 0.717) is 38.2 Å². The molecule has 0 N–H and O–H groups in total. The van der Waals surface area contributed by atoms with E-state index in [1.165, 1.54) is 31.4 Å². The fraction of sp³-hybridized carbons (Fsp3) is 0.579. The Kier molecular flexibility index (Phi) is 7.69. The van der Waals surface area contributed by atoms with Crippen LogP contribution in [0.5, 0.6) is 0 Å². The van der Waals surface area contributed by atoms with Crippen LogP contribution >= 0.6 is 11.6 Å². The van der Waals surface area contributed by atoms with Crippen molar-refractivity contribution >= 4 is 23.4 Å². The molecule has 0 unspecified atom stereocenters. The molecule has 1 aliphatic heterocycles. The summed E-state index contributed by atoms with van der Waals surface area (Å²) >= 11 is 5.96. The number of hydrogen-bond donors (Lipinski definition) is 0. The number of benzene rings is 1. The molecular weight excluding hydrogens is 343 g/mol. The lowest BCUT2D eigenvalue weighted by molar-refractivity contribution is -0.132. The number of amides is 2. The quantitative estimate of drug-likeness (QED) is 0.679. The van der Waals surface area contributed by atoms with Crippen LogP contribution in [-0.4, -0.2) is 47.8 Å². The van der Waals surface area contributed by atoms with Gasteiger partial charge in [-0.2, -0.15) is 0 Å². The second kappa shape index (κ2) is 9.76. The van der Waals surface area contributed by atoms with Crippen LogP contribution in [0, 0.1) is 5.82 Å². The molecule has 0 aromatic heterocycles.